The third kappa shape index (κ3) is 4.55. The van der Waals surface area contributed by atoms with Crippen LogP contribution in [0.1, 0.15) is 39.5 Å². The second kappa shape index (κ2) is 7.59. The Kier molecular flexibility index (Phi) is 5.77. The number of hydrogen-bond acceptors (Lipinski definition) is 3. The zero-order valence-electron chi connectivity index (χ0n) is 13.9. The summed E-state index contributed by atoms with van der Waals surface area (Å²) in [5.41, 5.74) is -0.504. The third-order valence-electron chi connectivity index (χ3n) is 4.39. The van der Waals surface area contributed by atoms with Crippen molar-refractivity contribution in [2.75, 3.05) is 18.4 Å². The number of aliphatic hydroxyl groups is 1. The summed E-state index contributed by atoms with van der Waals surface area (Å²) in [5, 5.41) is 13.1. The van der Waals surface area contributed by atoms with Gasteiger partial charge in [0.25, 0.3) is 5.91 Å². The molecule has 1 heterocycles. The molecule has 23 heavy (non-hydrogen) atoms. The highest BCUT2D eigenvalue weighted by Gasteiger charge is 2.36. The minimum Gasteiger partial charge on any atom is -0.380 e. The van der Waals surface area contributed by atoms with Crippen LogP contribution in [0.15, 0.2) is 30.3 Å². The zero-order chi connectivity index (χ0) is 16.9. The largest absolute Gasteiger partial charge is 0.380 e. The van der Waals surface area contributed by atoms with Crippen LogP contribution in [0.2, 0.25) is 0 Å². The molecule has 2 rings (SSSR count). The van der Waals surface area contributed by atoms with Gasteiger partial charge in [0.1, 0.15) is 5.60 Å². The maximum Gasteiger partial charge on any atom is 0.254 e. The molecule has 0 bridgehead atoms. The van der Waals surface area contributed by atoms with E-state index in [4.69, 9.17) is 0 Å². The predicted octanol–water partition coefficient (Wildman–Crippen LogP) is 2.41. The molecule has 1 aromatic rings. The Labute approximate surface area is 137 Å². The first-order valence-corrected chi connectivity index (χ1v) is 8.31. The molecule has 0 radical (unpaired) electrons. The molecular formula is C18H26N2O3. The fraction of sp³-hybridized carbons (Fsp3) is 0.556. The molecule has 1 aliphatic heterocycles. The van der Waals surface area contributed by atoms with Gasteiger partial charge in [-0.25, -0.2) is 0 Å². The van der Waals surface area contributed by atoms with Crippen LogP contribution in [0.25, 0.3) is 0 Å². The van der Waals surface area contributed by atoms with Gasteiger partial charge in [-0.3, -0.25) is 9.59 Å². The lowest BCUT2D eigenvalue weighted by atomic mass is 9.93. The lowest BCUT2D eigenvalue weighted by molar-refractivity contribution is -0.152. The van der Waals surface area contributed by atoms with Crippen molar-refractivity contribution < 1.29 is 14.7 Å². The summed E-state index contributed by atoms with van der Waals surface area (Å²) in [6.07, 6.45) is 2.48. The summed E-state index contributed by atoms with van der Waals surface area (Å²) >= 11 is 0. The van der Waals surface area contributed by atoms with Crippen molar-refractivity contribution in [1.82, 2.24) is 4.90 Å². The average Bonchev–Trinajstić information content (AvgIpc) is 2.55. The first kappa shape index (κ1) is 17.5. The topological polar surface area (TPSA) is 69.6 Å². The first-order valence-electron chi connectivity index (χ1n) is 8.31. The number of rotatable bonds is 5. The Balaban J connectivity index is 1.86. The number of anilines is 1. The van der Waals surface area contributed by atoms with Crippen LogP contribution in [-0.4, -0.2) is 40.5 Å². The van der Waals surface area contributed by atoms with E-state index in [2.05, 4.69) is 5.32 Å². The van der Waals surface area contributed by atoms with Crippen LogP contribution in [0.5, 0.6) is 0 Å². The van der Waals surface area contributed by atoms with Gasteiger partial charge in [0, 0.05) is 24.7 Å². The highest BCUT2D eigenvalue weighted by atomic mass is 16.3. The highest BCUT2D eigenvalue weighted by molar-refractivity contribution is 5.92. The minimum absolute atomic E-state index is 0.00335. The average molecular weight is 318 g/mol. The quantitative estimate of drug-likeness (QED) is 0.876. The van der Waals surface area contributed by atoms with Crippen LogP contribution in [-0.2, 0) is 9.59 Å². The summed E-state index contributed by atoms with van der Waals surface area (Å²) in [5.74, 6) is -0.305. The molecule has 2 amide bonds. The van der Waals surface area contributed by atoms with Gasteiger partial charge >= 0.3 is 0 Å². The maximum atomic E-state index is 12.4. The second-order valence-corrected chi connectivity index (χ2v) is 6.45. The van der Waals surface area contributed by atoms with E-state index in [1.807, 2.05) is 37.3 Å². The fourth-order valence-electron chi connectivity index (χ4n) is 3.04. The van der Waals surface area contributed by atoms with Crippen molar-refractivity contribution >= 4 is 17.5 Å². The Morgan fingerprint density at radius 2 is 1.87 bits per heavy atom. The molecule has 0 aromatic heterocycles. The van der Waals surface area contributed by atoms with Crippen LogP contribution >= 0.6 is 0 Å². The molecule has 5 nitrogen and oxygen atoms in total. The summed E-state index contributed by atoms with van der Waals surface area (Å²) in [6, 6.07) is 9.39. The van der Waals surface area contributed by atoms with Gasteiger partial charge in [0.05, 0.1) is 0 Å². The van der Waals surface area contributed by atoms with Crippen molar-refractivity contribution in [2.45, 2.75) is 45.1 Å². The number of amides is 2. The fourth-order valence-corrected chi connectivity index (χ4v) is 3.04. The smallest absolute Gasteiger partial charge is 0.254 e. The van der Waals surface area contributed by atoms with Crippen LogP contribution in [0.4, 0.5) is 5.69 Å². The van der Waals surface area contributed by atoms with Crippen molar-refractivity contribution in [3.05, 3.63) is 30.3 Å². The third-order valence-corrected chi connectivity index (χ3v) is 4.39. The number of para-hydroxylation sites is 1. The molecule has 0 unspecified atom stereocenters. The molecule has 0 spiro atoms. The standard InChI is InChI=1S/C18H26N2O3/c1-3-11-18(2,23)17(22)20-12-9-14(10-13-20)16(21)19-15-7-5-4-6-8-15/h4-8,14,23H,3,9-13H2,1-2H3,(H,19,21)/t18-/m0/s1. The molecule has 0 aliphatic carbocycles. The van der Waals surface area contributed by atoms with Gasteiger partial charge in [-0.05, 0) is 38.3 Å². The normalized spacial score (nSPS) is 18.3. The van der Waals surface area contributed by atoms with E-state index in [-0.39, 0.29) is 17.7 Å². The number of nitrogens with one attached hydrogen (secondary N) is 1. The summed E-state index contributed by atoms with van der Waals surface area (Å²) in [4.78, 5) is 26.3. The molecular weight excluding hydrogens is 292 g/mol. The van der Waals surface area contributed by atoms with Gasteiger partial charge in [0.2, 0.25) is 5.91 Å². The lowest BCUT2D eigenvalue weighted by Gasteiger charge is -2.35. The van der Waals surface area contributed by atoms with Crippen molar-refractivity contribution in [2.24, 2.45) is 5.92 Å². The molecule has 0 saturated carbocycles. The zero-order valence-corrected chi connectivity index (χ0v) is 13.9. The van der Waals surface area contributed by atoms with E-state index in [0.29, 0.717) is 32.4 Å². The molecule has 1 aromatic carbocycles. The Hall–Kier alpha value is -1.88. The van der Waals surface area contributed by atoms with E-state index in [9.17, 15) is 14.7 Å². The van der Waals surface area contributed by atoms with Gasteiger partial charge < -0.3 is 15.3 Å². The van der Waals surface area contributed by atoms with Crippen LogP contribution in [0, 0.1) is 5.92 Å². The van der Waals surface area contributed by atoms with E-state index < -0.39 is 5.60 Å². The maximum absolute atomic E-state index is 12.4. The molecule has 5 heteroatoms. The van der Waals surface area contributed by atoms with E-state index >= 15 is 0 Å². The Morgan fingerprint density at radius 1 is 1.26 bits per heavy atom. The van der Waals surface area contributed by atoms with E-state index in [1.165, 1.54) is 0 Å². The van der Waals surface area contributed by atoms with E-state index in [0.717, 1.165) is 12.1 Å². The number of carbonyl (C=O) groups is 2. The molecule has 126 valence electrons. The number of hydrogen-bond donors (Lipinski definition) is 2. The lowest BCUT2D eigenvalue weighted by Crippen LogP contribution is -2.50. The Bertz CT molecular complexity index is 534. The molecule has 1 saturated heterocycles. The molecule has 1 atom stereocenters. The SMILES string of the molecule is CCC[C@](C)(O)C(=O)N1CCC(C(=O)Nc2ccccc2)CC1. The number of carbonyl (C=O) groups excluding carboxylic acids is 2. The molecule has 1 fully saturated rings. The molecule has 2 N–H and O–H groups in total. The highest BCUT2D eigenvalue weighted by Crippen LogP contribution is 2.23. The van der Waals surface area contributed by atoms with Gasteiger partial charge in [-0.1, -0.05) is 31.5 Å². The number of nitrogens with zero attached hydrogens (tertiary/aromatic N) is 1. The van der Waals surface area contributed by atoms with Gasteiger partial charge in [-0.2, -0.15) is 0 Å². The predicted molar refractivity (Wildman–Crippen MR) is 89.9 cm³/mol. The number of piperidine rings is 1. The number of benzene rings is 1. The monoisotopic (exact) mass is 318 g/mol. The second-order valence-electron chi connectivity index (χ2n) is 6.45. The van der Waals surface area contributed by atoms with Crippen molar-refractivity contribution in [3.63, 3.8) is 0 Å². The van der Waals surface area contributed by atoms with Gasteiger partial charge in [-0.15, -0.1) is 0 Å². The van der Waals surface area contributed by atoms with Gasteiger partial charge in [0.15, 0.2) is 0 Å². The molecule has 1 aliphatic rings. The van der Waals surface area contributed by atoms with Crippen LogP contribution < -0.4 is 5.32 Å². The Morgan fingerprint density at radius 3 is 2.43 bits per heavy atom. The number of likely N-dealkylation sites (tertiary alicyclic amines) is 1. The summed E-state index contributed by atoms with van der Waals surface area (Å²) < 4.78 is 0. The summed E-state index contributed by atoms with van der Waals surface area (Å²) in [7, 11) is 0. The van der Waals surface area contributed by atoms with Crippen molar-refractivity contribution in [3.8, 4) is 0 Å². The summed E-state index contributed by atoms with van der Waals surface area (Å²) in [6.45, 7) is 4.56. The van der Waals surface area contributed by atoms with Crippen LogP contribution in [0.3, 0.4) is 0 Å². The first-order chi connectivity index (χ1) is 10.9. The van der Waals surface area contributed by atoms with Crippen molar-refractivity contribution in [1.29, 1.82) is 0 Å². The minimum atomic E-state index is -1.30. The van der Waals surface area contributed by atoms with E-state index in [1.54, 1.807) is 11.8 Å².